The normalized spacial score (nSPS) is 11.2. The molecule has 0 unspecified atom stereocenters. The molecule has 0 bridgehead atoms. The molecule has 2 heterocycles. The van der Waals surface area contributed by atoms with Gasteiger partial charge in [-0.3, -0.25) is 9.59 Å². The molecule has 0 spiro atoms. The van der Waals surface area contributed by atoms with E-state index in [2.05, 4.69) is 10.4 Å². The van der Waals surface area contributed by atoms with Crippen molar-refractivity contribution in [1.29, 1.82) is 0 Å². The molecule has 2 aromatic heterocycles. The van der Waals surface area contributed by atoms with Gasteiger partial charge >= 0.3 is 5.97 Å². The average Bonchev–Trinajstić information content (AvgIpc) is 3.31. The molecular weight excluding hydrogens is 344 g/mol. The molecule has 0 aliphatic carbocycles. The van der Waals surface area contributed by atoms with E-state index >= 15 is 0 Å². The lowest BCUT2D eigenvalue weighted by Crippen LogP contribution is -2.24. The van der Waals surface area contributed by atoms with Crippen molar-refractivity contribution in [3.8, 4) is 5.69 Å². The molecule has 7 nitrogen and oxygen atoms in total. The molecule has 3 aromatic rings. The Balaban J connectivity index is 1.68. The van der Waals surface area contributed by atoms with Crippen LogP contribution in [0.2, 0.25) is 0 Å². The Morgan fingerprint density at radius 3 is 2.52 bits per heavy atom. The fourth-order valence-corrected chi connectivity index (χ4v) is 2.42. The van der Waals surface area contributed by atoms with Gasteiger partial charge in [-0.05, 0) is 45.0 Å². The standard InChI is InChI=1S/C20H22N4O3/c1-20(2,3)19(26)27-14-24-13-15(12-21-24)22-18(25)16-8-4-5-9-17(16)23-10-6-7-11-23/h4-13H,14H2,1-3H3,(H,22,25). The summed E-state index contributed by atoms with van der Waals surface area (Å²) >= 11 is 0. The first kappa shape index (κ1) is 18.4. The molecule has 0 radical (unpaired) electrons. The fourth-order valence-electron chi connectivity index (χ4n) is 2.42. The maximum atomic E-state index is 12.7. The van der Waals surface area contributed by atoms with Crippen molar-refractivity contribution >= 4 is 17.6 Å². The van der Waals surface area contributed by atoms with Gasteiger partial charge in [-0.2, -0.15) is 5.10 Å². The van der Waals surface area contributed by atoms with Crippen molar-refractivity contribution in [3.05, 3.63) is 66.7 Å². The van der Waals surface area contributed by atoms with Crippen molar-refractivity contribution in [1.82, 2.24) is 14.3 Å². The molecule has 0 saturated heterocycles. The number of nitrogens with one attached hydrogen (secondary N) is 1. The van der Waals surface area contributed by atoms with Crippen LogP contribution in [-0.2, 0) is 16.3 Å². The predicted molar refractivity (Wildman–Crippen MR) is 101 cm³/mol. The van der Waals surface area contributed by atoms with Crippen LogP contribution in [0.4, 0.5) is 5.69 Å². The molecule has 0 aliphatic rings. The highest BCUT2D eigenvalue weighted by molar-refractivity contribution is 6.06. The van der Waals surface area contributed by atoms with E-state index in [-0.39, 0.29) is 18.6 Å². The lowest BCUT2D eigenvalue weighted by molar-refractivity contribution is -0.157. The summed E-state index contributed by atoms with van der Waals surface area (Å²) in [5.74, 6) is -0.560. The average molecular weight is 366 g/mol. The Bertz CT molecular complexity index is 936. The first-order valence-electron chi connectivity index (χ1n) is 8.58. The molecule has 140 valence electrons. The molecule has 0 fully saturated rings. The summed E-state index contributed by atoms with van der Waals surface area (Å²) in [6.45, 7) is 5.34. The molecule has 27 heavy (non-hydrogen) atoms. The lowest BCUT2D eigenvalue weighted by Gasteiger charge is -2.16. The first-order valence-corrected chi connectivity index (χ1v) is 8.58. The van der Waals surface area contributed by atoms with Gasteiger partial charge in [0.2, 0.25) is 0 Å². The third kappa shape index (κ3) is 4.44. The number of carbonyl (C=O) groups excluding carboxylic acids is 2. The molecule has 0 saturated carbocycles. The quantitative estimate of drug-likeness (QED) is 0.701. The van der Waals surface area contributed by atoms with Crippen LogP contribution in [0.5, 0.6) is 0 Å². The largest absolute Gasteiger partial charge is 0.442 e. The molecule has 1 N–H and O–H groups in total. The number of hydrogen-bond donors (Lipinski definition) is 1. The van der Waals surface area contributed by atoms with E-state index in [1.165, 1.54) is 10.9 Å². The van der Waals surface area contributed by atoms with Gasteiger partial charge in [0.25, 0.3) is 5.91 Å². The number of rotatable bonds is 5. The molecule has 1 amide bonds. The topological polar surface area (TPSA) is 78.1 Å². The van der Waals surface area contributed by atoms with Gasteiger partial charge < -0.3 is 14.6 Å². The zero-order chi connectivity index (χ0) is 19.4. The van der Waals surface area contributed by atoms with Gasteiger partial charge in [0.15, 0.2) is 6.73 Å². The van der Waals surface area contributed by atoms with Crippen LogP contribution in [0.15, 0.2) is 61.2 Å². The highest BCUT2D eigenvalue weighted by Crippen LogP contribution is 2.18. The molecule has 0 aliphatic heterocycles. The summed E-state index contributed by atoms with van der Waals surface area (Å²) in [5.41, 5.74) is 1.27. The number of amides is 1. The SMILES string of the molecule is CC(C)(C)C(=O)OCn1cc(NC(=O)c2ccccc2-n2cccc2)cn1. The molecular formula is C20H22N4O3. The van der Waals surface area contributed by atoms with Gasteiger partial charge in [-0.25, -0.2) is 4.68 Å². The second-order valence-corrected chi connectivity index (χ2v) is 7.14. The van der Waals surface area contributed by atoms with E-state index < -0.39 is 5.41 Å². The molecule has 1 aromatic carbocycles. The zero-order valence-corrected chi connectivity index (χ0v) is 15.5. The number of ether oxygens (including phenoxy) is 1. The summed E-state index contributed by atoms with van der Waals surface area (Å²) in [7, 11) is 0. The predicted octanol–water partition coefficient (Wildman–Crippen LogP) is 3.47. The minimum Gasteiger partial charge on any atom is -0.442 e. The van der Waals surface area contributed by atoms with Gasteiger partial charge in [-0.15, -0.1) is 0 Å². The number of carbonyl (C=O) groups is 2. The zero-order valence-electron chi connectivity index (χ0n) is 15.5. The Hall–Kier alpha value is -3.35. The maximum absolute atomic E-state index is 12.7. The van der Waals surface area contributed by atoms with Crippen molar-refractivity contribution in [2.75, 3.05) is 5.32 Å². The highest BCUT2D eigenvalue weighted by atomic mass is 16.5. The van der Waals surface area contributed by atoms with E-state index in [1.807, 2.05) is 47.3 Å². The number of aromatic nitrogens is 3. The van der Waals surface area contributed by atoms with Crippen molar-refractivity contribution in [2.45, 2.75) is 27.5 Å². The van der Waals surface area contributed by atoms with Crippen LogP contribution < -0.4 is 5.32 Å². The Morgan fingerprint density at radius 1 is 1.11 bits per heavy atom. The Labute approximate surface area is 157 Å². The minimum absolute atomic E-state index is 0.00801. The van der Waals surface area contributed by atoms with Gasteiger partial charge in [-0.1, -0.05) is 12.1 Å². The van der Waals surface area contributed by atoms with E-state index in [1.54, 1.807) is 33.0 Å². The smallest absolute Gasteiger partial charge is 0.313 e. The fraction of sp³-hybridized carbons (Fsp3) is 0.250. The van der Waals surface area contributed by atoms with Crippen LogP contribution in [0.1, 0.15) is 31.1 Å². The highest BCUT2D eigenvalue weighted by Gasteiger charge is 2.23. The van der Waals surface area contributed by atoms with Crippen LogP contribution in [0.25, 0.3) is 5.69 Å². The summed E-state index contributed by atoms with van der Waals surface area (Å²) in [5, 5.41) is 6.93. The van der Waals surface area contributed by atoms with E-state index in [0.29, 0.717) is 11.3 Å². The van der Waals surface area contributed by atoms with Crippen molar-refractivity contribution < 1.29 is 14.3 Å². The van der Waals surface area contributed by atoms with Crippen molar-refractivity contribution in [3.63, 3.8) is 0 Å². The molecule has 0 atom stereocenters. The third-order valence-electron chi connectivity index (χ3n) is 3.86. The minimum atomic E-state index is -0.577. The summed E-state index contributed by atoms with van der Waals surface area (Å²) in [6, 6.07) is 11.1. The second-order valence-electron chi connectivity index (χ2n) is 7.14. The maximum Gasteiger partial charge on any atom is 0.313 e. The Morgan fingerprint density at radius 2 is 1.81 bits per heavy atom. The summed E-state index contributed by atoms with van der Waals surface area (Å²) in [4.78, 5) is 24.5. The number of hydrogen-bond acceptors (Lipinski definition) is 4. The van der Waals surface area contributed by atoms with Crippen LogP contribution in [0.3, 0.4) is 0 Å². The number of benzene rings is 1. The summed E-state index contributed by atoms with van der Waals surface area (Å²) < 4.78 is 8.54. The number of para-hydroxylation sites is 1. The number of esters is 1. The Kier molecular flexibility index (Phi) is 5.12. The van der Waals surface area contributed by atoms with E-state index in [4.69, 9.17) is 4.74 Å². The van der Waals surface area contributed by atoms with Crippen LogP contribution in [-0.4, -0.2) is 26.2 Å². The monoisotopic (exact) mass is 366 g/mol. The third-order valence-corrected chi connectivity index (χ3v) is 3.86. The van der Waals surface area contributed by atoms with Gasteiger partial charge in [0.05, 0.1) is 34.7 Å². The van der Waals surface area contributed by atoms with E-state index in [0.717, 1.165) is 5.69 Å². The van der Waals surface area contributed by atoms with Crippen molar-refractivity contribution in [2.24, 2.45) is 5.41 Å². The van der Waals surface area contributed by atoms with Crippen LogP contribution in [0, 0.1) is 5.41 Å². The molecule has 7 heteroatoms. The number of anilines is 1. The number of nitrogens with zero attached hydrogens (tertiary/aromatic N) is 3. The second kappa shape index (κ2) is 7.49. The summed E-state index contributed by atoms with van der Waals surface area (Å²) in [6.07, 6.45) is 6.90. The van der Waals surface area contributed by atoms with Gasteiger partial charge in [0, 0.05) is 12.4 Å². The lowest BCUT2D eigenvalue weighted by atomic mass is 9.98. The first-order chi connectivity index (χ1) is 12.8. The van der Waals surface area contributed by atoms with E-state index in [9.17, 15) is 9.59 Å². The van der Waals surface area contributed by atoms with Crippen LogP contribution >= 0.6 is 0 Å². The van der Waals surface area contributed by atoms with Gasteiger partial charge in [0.1, 0.15) is 0 Å². The molecule has 3 rings (SSSR count).